The molecular weight excluding hydrogens is 272 g/mol. The quantitative estimate of drug-likeness (QED) is 0.734. The first-order valence-corrected chi connectivity index (χ1v) is 8.27. The molecule has 0 aliphatic carbocycles. The molecule has 0 amide bonds. The number of ether oxygens (including phenoxy) is 4. The molecule has 120 valence electrons. The van der Waals surface area contributed by atoms with Crippen molar-refractivity contribution in [2.45, 2.75) is 82.4 Å². The standard InChI is InChI=1S/C16H26O5/c1-3-8-14(2)13(17)20-15(9-4-6-11-18-15)16(21-14)10-5-7-12-19-16/h3-12H2,1-2H3/t14-,15+,16+/m0/s1. The number of hydrogen-bond acceptors (Lipinski definition) is 5. The number of esters is 1. The van der Waals surface area contributed by atoms with Crippen LogP contribution in [0, 0.1) is 0 Å². The zero-order valence-electron chi connectivity index (χ0n) is 13.1. The molecule has 3 fully saturated rings. The van der Waals surface area contributed by atoms with E-state index < -0.39 is 17.2 Å². The zero-order chi connectivity index (χ0) is 15.0. The summed E-state index contributed by atoms with van der Waals surface area (Å²) in [5.41, 5.74) is -0.932. The maximum atomic E-state index is 12.5. The molecule has 0 bridgehead atoms. The monoisotopic (exact) mass is 298 g/mol. The second-order valence-electron chi connectivity index (χ2n) is 6.59. The van der Waals surface area contributed by atoms with E-state index in [2.05, 4.69) is 0 Å². The van der Waals surface area contributed by atoms with Gasteiger partial charge in [-0.15, -0.1) is 0 Å². The van der Waals surface area contributed by atoms with Gasteiger partial charge >= 0.3 is 5.97 Å². The van der Waals surface area contributed by atoms with Crippen LogP contribution in [0.25, 0.3) is 0 Å². The molecule has 21 heavy (non-hydrogen) atoms. The van der Waals surface area contributed by atoms with E-state index >= 15 is 0 Å². The van der Waals surface area contributed by atoms with Crippen LogP contribution in [0.4, 0.5) is 0 Å². The lowest BCUT2D eigenvalue weighted by molar-refractivity contribution is -0.455. The predicted molar refractivity (Wildman–Crippen MR) is 75.6 cm³/mol. The van der Waals surface area contributed by atoms with Crippen LogP contribution < -0.4 is 0 Å². The van der Waals surface area contributed by atoms with E-state index in [1.165, 1.54) is 0 Å². The molecule has 0 unspecified atom stereocenters. The Hall–Kier alpha value is -0.650. The summed E-state index contributed by atoms with van der Waals surface area (Å²) in [6, 6.07) is 0. The molecular formula is C16H26O5. The smallest absolute Gasteiger partial charge is 0.340 e. The average Bonchev–Trinajstić information content (AvgIpc) is 2.48. The largest absolute Gasteiger partial charge is 0.425 e. The number of fused-ring (bicyclic) bond motifs is 1. The molecule has 3 saturated heterocycles. The Balaban J connectivity index is 1.94. The molecule has 5 nitrogen and oxygen atoms in total. The molecule has 0 aromatic heterocycles. The van der Waals surface area contributed by atoms with Gasteiger partial charge in [-0.25, -0.2) is 4.79 Å². The van der Waals surface area contributed by atoms with Crippen LogP contribution in [0.2, 0.25) is 0 Å². The third kappa shape index (κ3) is 2.39. The van der Waals surface area contributed by atoms with Crippen LogP contribution >= 0.6 is 0 Å². The van der Waals surface area contributed by atoms with Crippen LogP contribution in [0.15, 0.2) is 0 Å². The van der Waals surface area contributed by atoms with Crippen molar-refractivity contribution in [1.29, 1.82) is 0 Å². The van der Waals surface area contributed by atoms with Crippen molar-refractivity contribution in [3.8, 4) is 0 Å². The first-order chi connectivity index (χ1) is 10.1. The summed E-state index contributed by atoms with van der Waals surface area (Å²) < 4.78 is 24.2. The van der Waals surface area contributed by atoms with Crippen molar-refractivity contribution in [3.63, 3.8) is 0 Å². The van der Waals surface area contributed by atoms with E-state index in [0.717, 1.165) is 38.5 Å². The molecule has 3 heterocycles. The fourth-order valence-corrected chi connectivity index (χ4v) is 3.75. The van der Waals surface area contributed by atoms with Crippen LogP contribution in [-0.2, 0) is 23.7 Å². The molecule has 3 atom stereocenters. The predicted octanol–water partition coefficient (Wildman–Crippen LogP) is 2.91. The van der Waals surface area contributed by atoms with Crippen molar-refractivity contribution in [2.75, 3.05) is 13.2 Å². The number of rotatable bonds is 2. The van der Waals surface area contributed by atoms with Crippen molar-refractivity contribution in [2.24, 2.45) is 0 Å². The summed E-state index contributed by atoms with van der Waals surface area (Å²) in [6.07, 6.45) is 6.83. The van der Waals surface area contributed by atoms with Gasteiger partial charge in [0, 0.05) is 12.8 Å². The second-order valence-corrected chi connectivity index (χ2v) is 6.59. The maximum absolute atomic E-state index is 12.5. The van der Waals surface area contributed by atoms with Crippen LogP contribution in [0.5, 0.6) is 0 Å². The van der Waals surface area contributed by atoms with Crippen molar-refractivity contribution in [3.05, 3.63) is 0 Å². The molecule has 0 radical (unpaired) electrons. The summed E-state index contributed by atoms with van der Waals surface area (Å²) in [7, 11) is 0. The SMILES string of the molecule is CCC[C@]1(C)O[C@]2(CCCCO2)[C@@]2(CCCCO2)OC1=O. The van der Waals surface area contributed by atoms with Gasteiger partial charge in [0.1, 0.15) is 0 Å². The first-order valence-electron chi connectivity index (χ1n) is 8.27. The van der Waals surface area contributed by atoms with Crippen molar-refractivity contribution < 1.29 is 23.7 Å². The highest BCUT2D eigenvalue weighted by atomic mass is 16.8. The Morgan fingerprint density at radius 1 is 1.00 bits per heavy atom. The van der Waals surface area contributed by atoms with Gasteiger partial charge in [-0.3, -0.25) is 0 Å². The second kappa shape index (κ2) is 5.52. The lowest BCUT2D eigenvalue weighted by atomic mass is 9.86. The lowest BCUT2D eigenvalue weighted by Gasteiger charge is -2.57. The Bertz CT molecular complexity index is 395. The Labute approximate surface area is 126 Å². The normalized spacial score (nSPS) is 44.0. The summed E-state index contributed by atoms with van der Waals surface area (Å²) in [4.78, 5) is 12.5. The van der Waals surface area contributed by atoms with Gasteiger partial charge in [0.25, 0.3) is 5.79 Å². The van der Waals surface area contributed by atoms with Crippen molar-refractivity contribution >= 4 is 5.97 Å². The first kappa shape index (κ1) is 15.3. The molecule has 3 aliphatic heterocycles. The molecule has 3 aliphatic rings. The van der Waals surface area contributed by atoms with Gasteiger partial charge in [0.15, 0.2) is 5.60 Å². The summed E-state index contributed by atoms with van der Waals surface area (Å²) >= 11 is 0. The Kier molecular flexibility index (Phi) is 4.01. The van der Waals surface area contributed by atoms with Gasteiger partial charge in [-0.1, -0.05) is 13.3 Å². The van der Waals surface area contributed by atoms with E-state index in [1.54, 1.807) is 0 Å². The highest BCUT2D eigenvalue weighted by molar-refractivity contribution is 5.80. The van der Waals surface area contributed by atoms with E-state index in [4.69, 9.17) is 18.9 Å². The maximum Gasteiger partial charge on any atom is 0.340 e. The third-order valence-electron chi connectivity index (χ3n) is 4.86. The lowest BCUT2D eigenvalue weighted by Crippen LogP contribution is -2.71. The molecule has 5 heteroatoms. The molecule has 0 aromatic carbocycles. The minimum atomic E-state index is -1.05. The number of hydrogen-bond donors (Lipinski definition) is 0. The molecule has 2 spiro atoms. The van der Waals surface area contributed by atoms with Gasteiger partial charge in [0.2, 0.25) is 5.79 Å². The van der Waals surface area contributed by atoms with E-state index in [1.807, 2.05) is 13.8 Å². The van der Waals surface area contributed by atoms with Crippen molar-refractivity contribution in [1.82, 2.24) is 0 Å². The summed E-state index contributed by atoms with van der Waals surface area (Å²) in [5, 5.41) is 0. The number of carbonyl (C=O) groups is 1. The zero-order valence-corrected chi connectivity index (χ0v) is 13.1. The third-order valence-corrected chi connectivity index (χ3v) is 4.86. The van der Waals surface area contributed by atoms with Crippen LogP contribution in [0.3, 0.4) is 0 Å². The van der Waals surface area contributed by atoms with Gasteiger partial charge in [-0.2, -0.15) is 0 Å². The highest BCUT2D eigenvalue weighted by Gasteiger charge is 2.67. The fourth-order valence-electron chi connectivity index (χ4n) is 3.75. The van der Waals surface area contributed by atoms with Gasteiger partial charge in [0.05, 0.1) is 13.2 Å². The summed E-state index contributed by atoms with van der Waals surface area (Å²) in [5.74, 6) is -2.29. The van der Waals surface area contributed by atoms with E-state index in [0.29, 0.717) is 26.1 Å². The fraction of sp³-hybridized carbons (Fsp3) is 0.938. The number of carbonyl (C=O) groups excluding carboxylic acids is 1. The van der Waals surface area contributed by atoms with Gasteiger partial charge < -0.3 is 18.9 Å². The van der Waals surface area contributed by atoms with E-state index in [9.17, 15) is 4.79 Å². The Morgan fingerprint density at radius 2 is 1.62 bits per heavy atom. The van der Waals surface area contributed by atoms with Crippen LogP contribution in [0.1, 0.15) is 65.2 Å². The average molecular weight is 298 g/mol. The van der Waals surface area contributed by atoms with Gasteiger partial charge in [-0.05, 0) is 39.0 Å². The Morgan fingerprint density at radius 3 is 2.14 bits per heavy atom. The summed E-state index contributed by atoms with van der Waals surface area (Å²) in [6.45, 7) is 5.07. The molecule has 0 N–H and O–H groups in total. The van der Waals surface area contributed by atoms with Crippen LogP contribution in [-0.4, -0.2) is 36.4 Å². The minimum Gasteiger partial charge on any atom is -0.425 e. The molecule has 3 rings (SSSR count). The highest BCUT2D eigenvalue weighted by Crippen LogP contribution is 2.50. The molecule has 0 saturated carbocycles. The minimum absolute atomic E-state index is 0.314. The van der Waals surface area contributed by atoms with E-state index in [-0.39, 0.29) is 5.97 Å². The topological polar surface area (TPSA) is 54.0 Å². The molecule has 0 aromatic rings.